The highest BCUT2D eigenvalue weighted by Crippen LogP contribution is 2.27. The smallest absolute Gasteiger partial charge is 0.254 e. The average molecular weight is 593 g/mol. The van der Waals surface area contributed by atoms with Gasteiger partial charge in [-0.15, -0.1) is 0 Å². The van der Waals surface area contributed by atoms with Crippen LogP contribution < -0.4 is 10.1 Å². The Morgan fingerprint density at radius 1 is 0.907 bits per heavy atom. The van der Waals surface area contributed by atoms with Gasteiger partial charge in [-0.1, -0.05) is 67.9 Å². The van der Waals surface area contributed by atoms with E-state index in [-0.39, 0.29) is 24.9 Å². The van der Waals surface area contributed by atoms with Crippen molar-refractivity contribution in [3.63, 3.8) is 0 Å². The zero-order valence-corrected chi connectivity index (χ0v) is 25.1. The van der Waals surface area contributed by atoms with Crippen LogP contribution in [-0.4, -0.2) is 39.9 Å². The van der Waals surface area contributed by atoms with Crippen LogP contribution >= 0.6 is 11.6 Å². The molecule has 0 saturated heterocycles. The third-order valence-electron chi connectivity index (χ3n) is 7.11. The maximum absolute atomic E-state index is 13.6. The van der Waals surface area contributed by atoms with E-state index < -0.39 is 0 Å². The molecular weight excluding hydrogens is 560 g/mol. The van der Waals surface area contributed by atoms with E-state index >= 15 is 0 Å². The first-order valence-corrected chi connectivity index (χ1v) is 14.4. The molecule has 5 rings (SSSR count). The summed E-state index contributed by atoms with van der Waals surface area (Å²) in [7, 11) is 1.62. The Morgan fingerprint density at radius 2 is 1.58 bits per heavy atom. The molecule has 0 spiro atoms. The molecule has 4 aromatic carbocycles. The van der Waals surface area contributed by atoms with E-state index in [2.05, 4.69) is 31.3 Å². The van der Waals surface area contributed by atoms with Gasteiger partial charge in [-0.3, -0.25) is 19.5 Å². The summed E-state index contributed by atoms with van der Waals surface area (Å²) in [6.45, 7) is 4.38. The first-order valence-electron chi connectivity index (χ1n) is 14.0. The molecule has 0 aliphatic carbocycles. The molecule has 1 aromatic heterocycles. The molecule has 8 heteroatoms. The Hall–Kier alpha value is -4.88. The van der Waals surface area contributed by atoms with E-state index in [9.17, 15) is 9.59 Å². The predicted octanol–water partition coefficient (Wildman–Crippen LogP) is 7.61. The number of amides is 2. The molecule has 0 fully saturated rings. The quantitative estimate of drug-likeness (QED) is 0.181. The summed E-state index contributed by atoms with van der Waals surface area (Å²) in [6.07, 6.45) is 1.89. The van der Waals surface area contributed by atoms with Crippen LogP contribution in [0.5, 0.6) is 5.75 Å². The van der Waals surface area contributed by atoms with E-state index in [1.807, 2.05) is 77.5 Å². The molecule has 5 aromatic rings. The fourth-order valence-corrected chi connectivity index (χ4v) is 4.83. The Balaban J connectivity index is 1.44. The van der Waals surface area contributed by atoms with Crippen molar-refractivity contribution in [3.8, 4) is 22.7 Å². The highest BCUT2D eigenvalue weighted by molar-refractivity contribution is 6.30. The minimum atomic E-state index is -0.370. The van der Waals surface area contributed by atoms with Crippen LogP contribution in [0.25, 0.3) is 16.9 Å². The van der Waals surface area contributed by atoms with Gasteiger partial charge < -0.3 is 9.64 Å². The lowest BCUT2D eigenvalue weighted by Gasteiger charge is -2.22. The Morgan fingerprint density at radius 3 is 2.21 bits per heavy atom. The number of aromatic nitrogens is 2. The fraction of sp³-hybridized carbons (Fsp3) is 0.171. The lowest BCUT2D eigenvalue weighted by molar-refractivity contribution is -0.117. The van der Waals surface area contributed by atoms with Crippen LogP contribution in [0.1, 0.15) is 41.3 Å². The van der Waals surface area contributed by atoms with Crippen LogP contribution in [0.4, 0.5) is 5.95 Å². The van der Waals surface area contributed by atoms with Crippen molar-refractivity contribution in [2.75, 3.05) is 19.0 Å². The molecule has 0 atom stereocenters. The van der Waals surface area contributed by atoms with Crippen molar-refractivity contribution in [2.45, 2.75) is 26.3 Å². The Labute approximate surface area is 256 Å². The van der Waals surface area contributed by atoms with Gasteiger partial charge in [0.15, 0.2) is 0 Å². The van der Waals surface area contributed by atoms with Crippen LogP contribution in [0, 0.1) is 0 Å². The highest BCUT2D eigenvalue weighted by Gasteiger charge is 2.21. The standard InChI is InChI=1S/C35H33ClN4O3/c1-24(2)26-11-17-30(18-12-26)40-22-32(27-13-19-31(43-3)20-14-27)37-35(40)38-33(41)23-39(21-25-7-5-4-6-8-25)34(42)28-9-15-29(36)16-10-28/h4-20,22,24H,21,23H2,1-3H3,(H,37,38,41). The van der Waals surface area contributed by atoms with Gasteiger partial charge in [-0.05, 0) is 77.7 Å². The SMILES string of the molecule is COc1ccc(-c2cn(-c3ccc(C(C)C)cc3)c(NC(=O)CN(Cc3ccccc3)C(=O)c3ccc(Cl)cc3)n2)cc1. The van der Waals surface area contributed by atoms with Crippen molar-refractivity contribution in [3.05, 3.63) is 131 Å². The second kappa shape index (κ2) is 13.4. The number of methoxy groups -OCH3 is 1. The Bertz CT molecular complexity index is 1680. The molecule has 0 aliphatic heterocycles. The van der Waals surface area contributed by atoms with Crippen molar-refractivity contribution in [1.82, 2.24) is 14.5 Å². The molecule has 7 nitrogen and oxygen atoms in total. The summed E-state index contributed by atoms with van der Waals surface area (Å²) in [4.78, 5) is 33.4. The molecule has 218 valence electrons. The van der Waals surface area contributed by atoms with E-state index in [0.717, 1.165) is 22.6 Å². The normalized spacial score (nSPS) is 10.9. The highest BCUT2D eigenvalue weighted by atomic mass is 35.5. The lowest BCUT2D eigenvalue weighted by Crippen LogP contribution is -2.38. The number of carbonyl (C=O) groups is 2. The zero-order valence-electron chi connectivity index (χ0n) is 24.3. The minimum Gasteiger partial charge on any atom is -0.497 e. The summed E-state index contributed by atoms with van der Waals surface area (Å²) in [5.41, 5.74) is 4.97. The van der Waals surface area contributed by atoms with E-state index in [4.69, 9.17) is 21.3 Å². The second-order valence-corrected chi connectivity index (χ2v) is 10.9. The van der Waals surface area contributed by atoms with Gasteiger partial charge in [-0.25, -0.2) is 4.98 Å². The summed E-state index contributed by atoms with van der Waals surface area (Å²) in [6, 6.07) is 32.0. The molecule has 0 saturated carbocycles. The molecule has 0 radical (unpaired) electrons. The summed E-state index contributed by atoms with van der Waals surface area (Å²) >= 11 is 6.05. The molecule has 1 N–H and O–H groups in total. The topological polar surface area (TPSA) is 76.5 Å². The molecule has 0 unspecified atom stereocenters. The molecule has 0 bridgehead atoms. The van der Waals surface area contributed by atoms with E-state index in [1.165, 1.54) is 10.5 Å². The number of imidazole rings is 1. The molecule has 0 aliphatic rings. The summed E-state index contributed by atoms with van der Waals surface area (Å²) in [5.74, 6) is 0.837. The first-order chi connectivity index (χ1) is 20.8. The maximum Gasteiger partial charge on any atom is 0.254 e. The van der Waals surface area contributed by atoms with Crippen LogP contribution in [-0.2, 0) is 11.3 Å². The molecule has 2 amide bonds. The number of ether oxygens (including phenoxy) is 1. The average Bonchev–Trinajstić information content (AvgIpc) is 3.44. The predicted molar refractivity (Wildman–Crippen MR) is 171 cm³/mol. The zero-order chi connectivity index (χ0) is 30.3. The second-order valence-electron chi connectivity index (χ2n) is 10.5. The van der Waals surface area contributed by atoms with Crippen molar-refractivity contribution >= 4 is 29.4 Å². The van der Waals surface area contributed by atoms with Gasteiger partial charge in [0.2, 0.25) is 11.9 Å². The third-order valence-corrected chi connectivity index (χ3v) is 7.36. The third kappa shape index (κ3) is 7.31. The number of anilines is 1. The van der Waals surface area contributed by atoms with E-state index in [1.54, 1.807) is 31.4 Å². The van der Waals surface area contributed by atoms with Gasteiger partial charge >= 0.3 is 0 Å². The number of nitrogens with zero attached hydrogens (tertiary/aromatic N) is 3. The largest absolute Gasteiger partial charge is 0.497 e. The summed E-state index contributed by atoms with van der Waals surface area (Å²) in [5, 5.41) is 3.50. The monoisotopic (exact) mass is 592 g/mol. The number of nitrogens with one attached hydrogen (secondary N) is 1. The van der Waals surface area contributed by atoms with Gasteiger partial charge in [0, 0.05) is 34.6 Å². The van der Waals surface area contributed by atoms with Crippen LogP contribution in [0.3, 0.4) is 0 Å². The number of rotatable bonds is 10. The molecule has 1 heterocycles. The van der Waals surface area contributed by atoms with Crippen molar-refractivity contribution < 1.29 is 14.3 Å². The van der Waals surface area contributed by atoms with Crippen LogP contribution in [0.15, 0.2) is 109 Å². The number of carbonyl (C=O) groups excluding carboxylic acids is 2. The van der Waals surface area contributed by atoms with Gasteiger partial charge in [0.1, 0.15) is 12.3 Å². The Kier molecular flexibility index (Phi) is 9.23. The molecule has 43 heavy (non-hydrogen) atoms. The number of hydrogen-bond acceptors (Lipinski definition) is 4. The van der Waals surface area contributed by atoms with Crippen molar-refractivity contribution in [2.24, 2.45) is 0 Å². The van der Waals surface area contributed by atoms with Gasteiger partial charge in [0.05, 0.1) is 12.8 Å². The number of halogens is 1. The fourth-order valence-electron chi connectivity index (χ4n) is 4.70. The van der Waals surface area contributed by atoms with Gasteiger partial charge in [-0.2, -0.15) is 0 Å². The molecular formula is C35H33ClN4O3. The van der Waals surface area contributed by atoms with Crippen LogP contribution in [0.2, 0.25) is 5.02 Å². The van der Waals surface area contributed by atoms with E-state index in [0.29, 0.717) is 28.1 Å². The first kappa shape index (κ1) is 29.6. The minimum absolute atomic E-state index is 0.173. The number of benzene rings is 4. The summed E-state index contributed by atoms with van der Waals surface area (Å²) < 4.78 is 7.15. The van der Waals surface area contributed by atoms with Gasteiger partial charge in [0.25, 0.3) is 5.91 Å². The van der Waals surface area contributed by atoms with Crippen molar-refractivity contribution in [1.29, 1.82) is 0 Å². The number of hydrogen-bond donors (Lipinski definition) is 1. The maximum atomic E-state index is 13.6. The lowest BCUT2D eigenvalue weighted by atomic mass is 10.0.